The van der Waals surface area contributed by atoms with Crippen LogP contribution >= 0.6 is 0 Å². The Morgan fingerprint density at radius 3 is 2.12 bits per heavy atom. The predicted molar refractivity (Wildman–Crippen MR) is 124 cm³/mol. The first-order valence-electron chi connectivity index (χ1n) is 10.2. The number of halogens is 1. The van der Waals surface area contributed by atoms with Crippen LogP contribution in [0.25, 0.3) is 11.1 Å². The van der Waals surface area contributed by atoms with E-state index >= 15 is 0 Å². The van der Waals surface area contributed by atoms with Crippen LogP contribution in [0.4, 0.5) is 15.8 Å². The first kappa shape index (κ1) is 21.8. The largest absolute Gasteiger partial charge is 0.399 e. The van der Waals surface area contributed by atoms with Gasteiger partial charge in [0.2, 0.25) is 0 Å². The van der Waals surface area contributed by atoms with Gasteiger partial charge in [0.05, 0.1) is 4.90 Å². The van der Waals surface area contributed by atoms with E-state index in [0.717, 1.165) is 11.9 Å². The lowest BCUT2D eigenvalue weighted by Crippen LogP contribution is -2.48. The molecule has 1 aliphatic rings. The molecule has 3 aromatic carbocycles. The van der Waals surface area contributed by atoms with Gasteiger partial charge in [0, 0.05) is 49.4 Å². The summed E-state index contributed by atoms with van der Waals surface area (Å²) in [7, 11) is -3.49. The van der Waals surface area contributed by atoms with Gasteiger partial charge >= 0.3 is 0 Å². The Hall–Kier alpha value is -3.39. The number of piperazine rings is 1. The molecular weight excluding hydrogens is 429 g/mol. The molecule has 1 amide bonds. The number of carbonyl (C=O) groups excluding carboxylic acids is 1. The number of sulfone groups is 1. The number of hydrogen-bond acceptors (Lipinski definition) is 5. The van der Waals surface area contributed by atoms with E-state index in [4.69, 9.17) is 5.73 Å². The minimum Gasteiger partial charge on any atom is -0.399 e. The summed E-state index contributed by atoms with van der Waals surface area (Å²) in [5, 5.41) is 0. The highest BCUT2D eigenvalue weighted by Gasteiger charge is 2.25. The van der Waals surface area contributed by atoms with Gasteiger partial charge in [0.15, 0.2) is 9.84 Å². The first-order valence-corrected chi connectivity index (χ1v) is 12.1. The molecule has 1 aliphatic heterocycles. The number of nitrogens with two attached hydrogens (primary N) is 1. The molecule has 8 heteroatoms. The molecule has 4 rings (SSSR count). The predicted octanol–water partition coefficient (Wildman–Crippen LogP) is 3.44. The van der Waals surface area contributed by atoms with Gasteiger partial charge in [-0.15, -0.1) is 0 Å². The zero-order chi connectivity index (χ0) is 22.9. The lowest BCUT2D eigenvalue weighted by Gasteiger charge is -2.36. The van der Waals surface area contributed by atoms with Crippen LogP contribution in [0.15, 0.2) is 71.6 Å². The third kappa shape index (κ3) is 4.60. The van der Waals surface area contributed by atoms with E-state index in [1.54, 1.807) is 23.1 Å². The number of nitrogen functional groups attached to an aromatic ring is 1. The van der Waals surface area contributed by atoms with E-state index in [1.807, 2.05) is 24.3 Å². The van der Waals surface area contributed by atoms with Crippen molar-refractivity contribution in [2.24, 2.45) is 0 Å². The number of carbonyl (C=O) groups is 1. The number of anilines is 2. The third-order valence-corrected chi connectivity index (χ3v) is 6.74. The van der Waals surface area contributed by atoms with Gasteiger partial charge in [-0.1, -0.05) is 18.2 Å². The van der Waals surface area contributed by atoms with Gasteiger partial charge in [-0.2, -0.15) is 0 Å². The molecule has 0 radical (unpaired) electrons. The molecule has 1 saturated heterocycles. The summed E-state index contributed by atoms with van der Waals surface area (Å²) in [5.41, 5.74) is 9.01. The smallest absolute Gasteiger partial charge is 0.254 e. The summed E-state index contributed by atoms with van der Waals surface area (Å²) >= 11 is 0. The summed E-state index contributed by atoms with van der Waals surface area (Å²) in [5.74, 6) is -0.625. The molecule has 1 fully saturated rings. The van der Waals surface area contributed by atoms with Crippen LogP contribution in [-0.2, 0) is 9.84 Å². The van der Waals surface area contributed by atoms with E-state index in [2.05, 4.69) is 4.90 Å². The molecule has 0 spiro atoms. The maximum absolute atomic E-state index is 13.4. The van der Waals surface area contributed by atoms with Gasteiger partial charge < -0.3 is 15.5 Å². The Morgan fingerprint density at radius 1 is 0.906 bits per heavy atom. The van der Waals surface area contributed by atoms with Gasteiger partial charge in [-0.05, 0) is 59.7 Å². The van der Waals surface area contributed by atoms with Crippen molar-refractivity contribution in [3.05, 3.63) is 78.1 Å². The fourth-order valence-corrected chi connectivity index (χ4v) is 4.48. The number of amides is 1. The molecule has 0 atom stereocenters. The molecule has 6 nitrogen and oxygen atoms in total. The Kier molecular flexibility index (Phi) is 5.88. The van der Waals surface area contributed by atoms with Gasteiger partial charge in [0.1, 0.15) is 5.82 Å². The van der Waals surface area contributed by atoms with Crippen molar-refractivity contribution in [3.63, 3.8) is 0 Å². The first-order chi connectivity index (χ1) is 15.2. The van der Waals surface area contributed by atoms with Crippen molar-refractivity contribution in [3.8, 4) is 11.1 Å². The maximum Gasteiger partial charge on any atom is 0.254 e. The molecule has 1 heterocycles. The van der Waals surface area contributed by atoms with Crippen LogP contribution in [0.1, 0.15) is 10.4 Å². The van der Waals surface area contributed by atoms with E-state index < -0.39 is 9.84 Å². The Bertz CT molecular complexity index is 1230. The standard InChI is InChI=1S/C24H24FN3O3S/c1-32(30,31)21-10-11-22(17-2-4-18(25)5-3-17)23(16-21)24(29)28-14-12-27(13-15-28)20-8-6-19(26)7-9-20/h2-11,16H,12-15,26H2,1H3. The molecule has 166 valence electrons. The molecule has 0 saturated carbocycles. The second kappa shape index (κ2) is 8.63. The molecule has 32 heavy (non-hydrogen) atoms. The molecule has 0 unspecified atom stereocenters. The number of hydrogen-bond donors (Lipinski definition) is 1. The SMILES string of the molecule is CS(=O)(=O)c1ccc(-c2ccc(F)cc2)c(C(=O)N2CCN(c3ccc(N)cc3)CC2)c1. The molecule has 2 N–H and O–H groups in total. The van der Waals surface area contributed by atoms with Crippen molar-refractivity contribution >= 4 is 27.1 Å². The van der Waals surface area contributed by atoms with E-state index in [0.29, 0.717) is 48.6 Å². The van der Waals surface area contributed by atoms with E-state index in [9.17, 15) is 17.6 Å². The van der Waals surface area contributed by atoms with Gasteiger partial charge in [0.25, 0.3) is 5.91 Å². The highest BCUT2D eigenvalue weighted by molar-refractivity contribution is 7.90. The summed E-state index contributed by atoms with van der Waals surface area (Å²) in [6, 6.07) is 17.9. The Labute approximate surface area is 187 Å². The minimum atomic E-state index is -3.49. The Balaban J connectivity index is 1.62. The zero-order valence-corrected chi connectivity index (χ0v) is 18.5. The second-order valence-electron chi connectivity index (χ2n) is 7.86. The second-order valence-corrected chi connectivity index (χ2v) is 9.87. The van der Waals surface area contributed by atoms with E-state index in [1.165, 1.54) is 24.3 Å². The number of rotatable bonds is 4. The summed E-state index contributed by atoms with van der Waals surface area (Å²) in [6.07, 6.45) is 1.11. The highest BCUT2D eigenvalue weighted by atomic mass is 32.2. The maximum atomic E-state index is 13.4. The Morgan fingerprint density at radius 2 is 1.53 bits per heavy atom. The third-order valence-electron chi connectivity index (χ3n) is 5.63. The molecule has 0 aromatic heterocycles. The van der Waals surface area contributed by atoms with Crippen LogP contribution in [0, 0.1) is 5.82 Å². The lowest BCUT2D eigenvalue weighted by molar-refractivity contribution is 0.0747. The van der Waals surface area contributed by atoms with Crippen molar-refractivity contribution in [2.45, 2.75) is 4.90 Å². The molecule has 0 bridgehead atoms. The molecule has 3 aromatic rings. The fourth-order valence-electron chi connectivity index (χ4n) is 3.84. The van der Waals surface area contributed by atoms with Crippen molar-refractivity contribution in [1.82, 2.24) is 4.90 Å². The van der Waals surface area contributed by atoms with Crippen molar-refractivity contribution in [2.75, 3.05) is 43.1 Å². The fraction of sp³-hybridized carbons (Fsp3) is 0.208. The van der Waals surface area contributed by atoms with Gasteiger partial charge in [-0.25, -0.2) is 12.8 Å². The van der Waals surface area contributed by atoms with Crippen LogP contribution in [0.2, 0.25) is 0 Å². The van der Waals surface area contributed by atoms with Crippen molar-refractivity contribution in [1.29, 1.82) is 0 Å². The summed E-state index contributed by atoms with van der Waals surface area (Å²) in [6.45, 7) is 2.28. The number of nitrogens with zero attached hydrogens (tertiary/aromatic N) is 2. The summed E-state index contributed by atoms with van der Waals surface area (Å²) in [4.78, 5) is 17.4. The minimum absolute atomic E-state index is 0.0761. The van der Waals surface area contributed by atoms with Crippen LogP contribution in [0.5, 0.6) is 0 Å². The van der Waals surface area contributed by atoms with Crippen LogP contribution in [-0.4, -0.2) is 51.7 Å². The highest BCUT2D eigenvalue weighted by Crippen LogP contribution is 2.28. The quantitative estimate of drug-likeness (QED) is 0.612. The number of benzene rings is 3. The van der Waals surface area contributed by atoms with Crippen molar-refractivity contribution < 1.29 is 17.6 Å². The summed E-state index contributed by atoms with van der Waals surface area (Å²) < 4.78 is 37.6. The average molecular weight is 454 g/mol. The normalized spacial score (nSPS) is 14.4. The molecular formula is C24H24FN3O3S. The van der Waals surface area contributed by atoms with Gasteiger partial charge in [-0.3, -0.25) is 4.79 Å². The molecule has 0 aliphatic carbocycles. The zero-order valence-electron chi connectivity index (χ0n) is 17.7. The monoisotopic (exact) mass is 453 g/mol. The topological polar surface area (TPSA) is 83.7 Å². The lowest BCUT2D eigenvalue weighted by atomic mass is 9.98. The van der Waals surface area contributed by atoms with E-state index in [-0.39, 0.29) is 16.6 Å². The van der Waals surface area contributed by atoms with Crippen LogP contribution in [0.3, 0.4) is 0 Å². The van der Waals surface area contributed by atoms with Crippen LogP contribution < -0.4 is 10.6 Å². The average Bonchev–Trinajstić information content (AvgIpc) is 2.79.